The quantitative estimate of drug-likeness (QED) is 0.398. The molecule has 2 atom stereocenters. The van der Waals surface area contributed by atoms with Crippen molar-refractivity contribution >= 4 is 32.5 Å². The molecule has 0 radical (unpaired) electrons. The van der Waals surface area contributed by atoms with Crippen molar-refractivity contribution < 1.29 is 35.9 Å². The van der Waals surface area contributed by atoms with Crippen LogP contribution in [0.25, 0.3) is 10.4 Å². The van der Waals surface area contributed by atoms with Gasteiger partial charge in [0.2, 0.25) is 10.0 Å². The molecule has 3 N–H and O–H groups in total. The minimum absolute atomic E-state index is 0.102. The Hall–Kier alpha value is -2.42. The molecule has 1 saturated carbocycles. The van der Waals surface area contributed by atoms with Gasteiger partial charge in [0.15, 0.2) is 11.4 Å². The van der Waals surface area contributed by atoms with Crippen molar-refractivity contribution in [3.05, 3.63) is 23.9 Å². The van der Waals surface area contributed by atoms with Crippen LogP contribution in [-0.4, -0.2) is 57.5 Å². The number of rotatable bonds is 8. The summed E-state index contributed by atoms with van der Waals surface area (Å²) in [7, 11) is -2.78. The minimum Gasteiger partial charge on any atom is -0.495 e. The Morgan fingerprint density at radius 2 is 1.89 bits per heavy atom. The number of hydrogen-bond acceptors (Lipinski definition) is 9. The molecule has 2 unspecified atom stereocenters. The number of piperidine rings is 1. The SMILES string of the molecule is COc1ccc(-c2sc(NC3CCCCC3)nc2C)cc1S(=O)(=O)NC1CCNC(OC(=O)C(F)(F)F)C1. The van der Waals surface area contributed by atoms with Gasteiger partial charge in [0.1, 0.15) is 10.6 Å². The van der Waals surface area contributed by atoms with Crippen molar-refractivity contribution in [2.24, 2.45) is 0 Å². The average Bonchev–Trinajstić information content (AvgIpc) is 3.23. The second-order valence-corrected chi connectivity index (χ2v) is 12.1. The zero-order valence-electron chi connectivity index (χ0n) is 21.1. The lowest BCUT2D eigenvalue weighted by Gasteiger charge is -2.30. The van der Waals surface area contributed by atoms with Crippen LogP contribution in [0.15, 0.2) is 23.1 Å². The number of nitrogens with zero attached hydrogens (tertiary/aromatic N) is 1. The van der Waals surface area contributed by atoms with Crippen molar-refractivity contribution in [3.63, 3.8) is 0 Å². The van der Waals surface area contributed by atoms with Gasteiger partial charge in [-0.05, 0) is 49.9 Å². The van der Waals surface area contributed by atoms with Crippen LogP contribution in [0.2, 0.25) is 0 Å². The monoisotopic (exact) mass is 576 g/mol. The smallest absolute Gasteiger partial charge is 0.490 e. The van der Waals surface area contributed by atoms with Crippen molar-refractivity contribution in [3.8, 4) is 16.2 Å². The lowest BCUT2D eigenvalue weighted by molar-refractivity contribution is -0.207. The molecule has 2 aromatic rings. The number of sulfonamides is 1. The topological polar surface area (TPSA) is 119 Å². The number of esters is 1. The number of nitrogens with one attached hydrogen (secondary N) is 3. The fourth-order valence-corrected chi connectivity index (χ4v) is 7.25. The third-order valence-corrected chi connectivity index (χ3v) is 9.29. The number of hydrogen-bond donors (Lipinski definition) is 3. The molecule has 210 valence electrons. The van der Waals surface area contributed by atoms with E-state index < -0.39 is 34.4 Å². The van der Waals surface area contributed by atoms with Gasteiger partial charge in [0.25, 0.3) is 0 Å². The molecule has 2 heterocycles. The predicted octanol–water partition coefficient (Wildman–Crippen LogP) is 4.33. The first kappa shape index (κ1) is 28.6. The number of aryl methyl sites for hydroxylation is 1. The number of alkyl halides is 3. The fourth-order valence-electron chi connectivity index (χ4n) is 4.73. The molecule has 1 aromatic carbocycles. The number of thiazole rings is 1. The molecule has 2 fully saturated rings. The van der Waals surface area contributed by atoms with Gasteiger partial charge in [0.05, 0.1) is 17.7 Å². The highest BCUT2D eigenvalue weighted by Gasteiger charge is 2.43. The van der Waals surface area contributed by atoms with E-state index in [4.69, 9.17) is 4.74 Å². The zero-order valence-corrected chi connectivity index (χ0v) is 22.7. The zero-order chi connectivity index (χ0) is 27.5. The summed E-state index contributed by atoms with van der Waals surface area (Å²) < 4.78 is 76.8. The molecule has 1 saturated heterocycles. The molecule has 4 rings (SSSR count). The number of aromatic nitrogens is 1. The van der Waals surface area contributed by atoms with E-state index in [0.717, 1.165) is 28.5 Å². The number of carbonyl (C=O) groups is 1. The Kier molecular flexibility index (Phi) is 8.85. The maximum atomic E-state index is 13.4. The molecule has 38 heavy (non-hydrogen) atoms. The van der Waals surface area contributed by atoms with E-state index in [1.807, 2.05) is 6.92 Å². The van der Waals surface area contributed by atoms with Crippen LogP contribution < -0.4 is 20.1 Å². The Labute approximate surface area is 223 Å². The van der Waals surface area contributed by atoms with Crippen molar-refractivity contribution in [1.82, 2.24) is 15.0 Å². The summed E-state index contributed by atoms with van der Waals surface area (Å²) in [5.74, 6) is -2.21. The van der Waals surface area contributed by atoms with Crippen LogP contribution in [0.1, 0.15) is 50.6 Å². The van der Waals surface area contributed by atoms with E-state index in [-0.39, 0.29) is 23.6 Å². The lowest BCUT2D eigenvalue weighted by Crippen LogP contribution is -2.50. The first-order chi connectivity index (χ1) is 18.0. The van der Waals surface area contributed by atoms with E-state index in [1.54, 1.807) is 12.1 Å². The number of carbonyl (C=O) groups excluding carboxylic acids is 1. The molecule has 9 nitrogen and oxygen atoms in total. The van der Waals surface area contributed by atoms with E-state index in [9.17, 15) is 26.4 Å². The van der Waals surface area contributed by atoms with Crippen molar-refractivity contribution in [2.45, 2.75) is 81.3 Å². The molecule has 1 aliphatic heterocycles. The minimum atomic E-state index is -5.14. The van der Waals surface area contributed by atoms with Gasteiger partial charge < -0.3 is 14.8 Å². The van der Waals surface area contributed by atoms with Gasteiger partial charge >= 0.3 is 12.1 Å². The van der Waals surface area contributed by atoms with Crippen LogP contribution in [-0.2, 0) is 19.6 Å². The summed E-state index contributed by atoms with van der Waals surface area (Å²) in [6.45, 7) is 2.03. The largest absolute Gasteiger partial charge is 0.495 e. The number of benzene rings is 1. The summed E-state index contributed by atoms with van der Waals surface area (Å²) in [6, 6.07) is 4.46. The molecule has 0 spiro atoms. The number of methoxy groups -OCH3 is 1. The number of anilines is 1. The Morgan fingerprint density at radius 3 is 2.58 bits per heavy atom. The Bertz CT molecular complexity index is 1250. The lowest BCUT2D eigenvalue weighted by atomic mass is 9.96. The fraction of sp³-hybridized carbons (Fsp3) is 0.583. The molecular weight excluding hydrogens is 545 g/mol. The Balaban J connectivity index is 1.51. The summed E-state index contributed by atoms with van der Waals surface area (Å²) in [6.07, 6.45) is -0.465. The molecule has 0 amide bonds. The van der Waals surface area contributed by atoms with Crippen LogP contribution in [0.4, 0.5) is 18.3 Å². The van der Waals surface area contributed by atoms with Gasteiger partial charge in [-0.15, -0.1) is 0 Å². The van der Waals surface area contributed by atoms with E-state index in [0.29, 0.717) is 18.0 Å². The summed E-state index contributed by atoms with van der Waals surface area (Å²) in [4.78, 5) is 16.6. The van der Waals surface area contributed by atoms with Crippen LogP contribution in [0.5, 0.6) is 5.75 Å². The van der Waals surface area contributed by atoms with Crippen LogP contribution >= 0.6 is 11.3 Å². The molecule has 1 aliphatic carbocycles. The van der Waals surface area contributed by atoms with Gasteiger partial charge in [-0.3, -0.25) is 5.32 Å². The van der Waals surface area contributed by atoms with Crippen molar-refractivity contribution in [2.75, 3.05) is 19.0 Å². The predicted molar refractivity (Wildman–Crippen MR) is 137 cm³/mol. The third kappa shape index (κ3) is 6.96. The molecule has 1 aromatic heterocycles. The van der Waals surface area contributed by atoms with Gasteiger partial charge in [-0.2, -0.15) is 13.2 Å². The maximum absolute atomic E-state index is 13.4. The highest BCUT2D eigenvalue weighted by Crippen LogP contribution is 2.37. The van der Waals surface area contributed by atoms with E-state index >= 15 is 0 Å². The molecular formula is C24H31F3N4O5S2. The molecule has 2 aliphatic rings. The molecule has 14 heteroatoms. The summed E-state index contributed by atoms with van der Waals surface area (Å²) >= 11 is 1.46. The van der Waals surface area contributed by atoms with E-state index in [1.165, 1.54) is 43.8 Å². The first-order valence-corrected chi connectivity index (χ1v) is 14.7. The number of ether oxygens (including phenoxy) is 2. The highest BCUT2D eigenvalue weighted by atomic mass is 32.2. The van der Waals surface area contributed by atoms with E-state index in [2.05, 4.69) is 25.1 Å². The average molecular weight is 577 g/mol. The van der Waals surface area contributed by atoms with Gasteiger partial charge in [-0.25, -0.2) is 22.9 Å². The Morgan fingerprint density at radius 1 is 1.16 bits per heavy atom. The van der Waals surface area contributed by atoms with Crippen LogP contribution in [0, 0.1) is 6.92 Å². The van der Waals surface area contributed by atoms with Gasteiger partial charge in [0, 0.05) is 25.0 Å². The first-order valence-electron chi connectivity index (χ1n) is 12.4. The maximum Gasteiger partial charge on any atom is 0.490 e. The standard InChI is InChI=1S/C24H31F3N4O5S2/c1-14-21(37-23(29-14)30-16-6-4-3-5-7-16)15-8-9-18(35-2)19(12-15)38(33,34)31-17-10-11-28-20(13-17)36-22(32)24(25,26)27/h8-9,12,16-17,20,28,31H,3-7,10-11,13H2,1-2H3,(H,29,30). The summed E-state index contributed by atoms with van der Waals surface area (Å²) in [5.41, 5.74) is 1.42. The van der Waals surface area contributed by atoms with Crippen molar-refractivity contribution in [1.29, 1.82) is 0 Å². The molecule has 0 bridgehead atoms. The number of halogens is 3. The summed E-state index contributed by atoms with van der Waals surface area (Å²) in [5, 5.41) is 6.94. The van der Waals surface area contributed by atoms with Gasteiger partial charge in [-0.1, -0.05) is 30.6 Å². The second kappa shape index (κ2) is 11.8. The normalized spacial score (nSPS) is 21.2. The third-order valence-electron chi connectivity index (χ3n) is 6.61. The van der Waals surface area contributed by atoms with Crippen LogP contribution in [0.3, 0.4) is 0 Å². The second-order valence-electron chi connectivity index (χ2n) is 9.47. The highest BCUT2D eigenvalue weighted by molar-refractivity contribution is 7.89.